The molecule has 0 saturated carbocycles. The monoisotopic (exact) mass is 283 g/mol. The van der Waals surface area contributed by atoms with Crippen LogP contribution in [0.2, 0.25) is 0 Å². The van der Waals surface area contributed by atoms with Gasteiger partial charge in [-0.05, 0) is 25.8 Å². The molecule has 1 aromatic rings. The van der Waals surface area contributed by atoms with Crippen molar-refractivity contribution < 1.29 is 17.9 Å². The Morgan fingerprint density at radius 3 is 2.84 bits per heavy atom. The van der Waals surface area contributed by atoms with E-state index in [2.05, 4.69) is 0 Å². The molecule has 1 radical (unpaired) electrons. The predicted molar refractivity (Wildman–Crippen MR) is 68.7 cm³/mol. The van der Waals surface area contributed by atoms with Crippen LogP contribution in [-0.2, 0) is 14.8 Å². The molecule has 2 rings (SSSR count). The van der Waals surface area contributed by atoms with Crippen LogP contribution in [0.1, 0.15) is 19.8 Å². The van der Waals surface area contributed by atoms with Crippen LogP contribution in [0.3, 0.4) is 0 Å². The van der Waals surface area contributed by atoms with Crippen molar-refractivity contribution in [2.75, 3.05) is 12.4 Å². The third kappa shape index (κ3) is 2.76. The van der Waals surface area contributed by atoms with E-state index in [0.29, 0.717) is 12.8 Å². The average Bonchev–Trinajstić information content (AvgIpc) is 2.52. The Morgan fingerprint density at radius 2 is 2.16 bits per heavy atom. The minimum atomic E-state index is -3.77. The number of ketones is 1. The lowest BCUT2D eigenvalue weighted by Crippen LogP contribution is -2.52. The number of rotatable bonds is 2. The number of carbonyl (C=O) groups excluding carboxylic acids is 1. The maximum absolute atomic E-state index is 12.6. The summed E-state index contributed by atoms with van der Waals surface area (Å²) in [5.74, 6) is 5.48. The number of Topliss-reactive ketones (excluding diaryl/α,β-unsaturated/α-hetero) is 1. The van der Waals surface area contributed by atoms with E-state index >= 15 is 0 Å². The lowest BCUT2D eigenvalue weighted by molar-refractivity contribution is -0.678. The largest absolute Gasteiger partial charge is 0.340 e. The summed E-state index contributed by atoms with van der Waals surface area (Å²) in [4.78, 5) is 11.6. The van der Waals surface area contributed by atoms with Gasteiger partial charge in [-0.25, -0.2) is 14.3 Å². The van der Waals surface area contributed by atoms with Gasteiger partial charge in [0.2, 0.25) is 6.20 Å². The zero-order valence-electron chi connectivity index (χ0n) is 10.7. The van der Waals surface area contributed by atoms with Crippen LogP contribution in [-0.4, -0.2) is 31.1 Å². The zero-order valence-corrected chi connectivity index (χ0v) is 11.5. The van der Waals surface area contributed by atoms with Crippen molar-refractivity contribution in [1.29, 1.82) is 0 Å². The fraction of sp³-hybridized carbons (Fsp3) is 0.417. The normalized spacial score (nSPS) is 22.2. The molecule has 6 nitrogen and oxygen atoms in total. The van der Waals surface area contributed by atoms with Crippen LogP contribution in [0.25, 0.3) is 0 Å². The van der Waals surface area contributed by atoms with Gasteiger partial charge in [-0.1, -0.05) is 4.68 Å². The molecular formula is C12H17N3O3S+. The van der Waals surface area contributed by atoms with E-state index < -0.39 is 10.0 Å². The van der Waals surface area contributed by atoms with Crippen LogP contribution >= 0.6 is 0 Å². The SMILES string of the molecule is C[C@@H]1CC[CH]C(=O)CN1S(=O)(=O)c1cccc[n+]1N. The first kappa shape index (κ1) is 14.0. The predicted octanol–water partition coefficient (Wildman–Crippen LogP) is -0.366. The number of sulfonamides is 1. The molecule has 0 aromatic carbocycles. The fourth-order valence-corrected chi connectivity index (χ4v) is 3.80. The molecule has 0 unspecified atom stereocenters. The van der Waals surface area contributed by atoms with Crippen LogP contribution < -0.4 is 10.5 Å². The second-order valence-electron chi connectivity index (χ2n) is 4.59. The van der Waals surface area contributed by atoms with Gasteiger partial charge in [0.15, 0.2) is 5.78 Å². The zero-order chi connectivity index (χ0) is 14.0. The molecule has 1 fully saturated rings. The van der Waals surface area contributed by atoms with Crippen LogP contribution in [0, 0.1) is 6.42 Å². The maximum Gasteiger partial charge on any atom is 0.340 e. The first-order chi connectivity index (χ1) is 8.93. The van der Waals surface area contributed by atoms with E-state index in [1.54, 1.807) is 25.5 Å². The summed E-state index contributed by atoms with van der Waals surface area (Å²) in [5.41, 5.74) is 0. The summed E-state index contributed by atoms with van der Waals surface area (Å²) < 4.78 is 27.4. The van der Waals surface area contributed by atoms with E-state index in [0.717, 1.165) is 4.68 Å². The molecule has 7 heteroatoms. The summed E-state index contributed by atoms with van der Waals surface area (Å²) in [5, 5.41) is -0.0171. The van der Waals surface area contributed by atoms with Crippen molar-refractivity contribution in [3.8, 4) is 0 Å². The Labute approximate surface area is 112 Å². The molecule has 1 atom stereocenters. The molecule has 1 aliphatic rings. The van der Waals surface area contributed by atoms with E-state index in [9.17, 15) is 13.2 Å². The number of nitrogen functional groups attached to an aromatic ring is 1. The average molecular weight is 283 g/mol. The number of carbonyl (C=O) groups is 1. The third-order valence-corrected chi connectivity index (χ3v) is 5.17. The second-order valence-corrected chi connectivity index (χ2v) is 6.43. The number of nitrogens with two attached hydrogens (primary N) is 1. The van der Waals surface area contributed by atoms with Crippen molar-refractivity contribution in [2.45, 2.75) is 30.8 Å². The van der Waals surface area contributed by atoms with Crippen LogP contribution in [0.4, 0.5) is 0 Å². The van der Waals surface area contributed by atoms with Gasteiger partial charge in [-0.3, -0.25) is 4.79 Å². The van der Waals surface area contributed by atoms with Crippen molar-refractivity contribution >= 4 is 15.8 Å². The summed E-state index contributed by atoms with van der Waals surface area (Å²) in [6, 6.07) is 4.45. The molecule has 0 aliphatic carbocycles. The highest BCUT2D eigenvalue weighted by atomic mass is 32.2. The fourth-order valence-electron chi connectivity index (χ4n) is 2.10. The molecule has 19 heavy (non-hydrogen) atoms. The van der Waals surface area contributed by atoms with Gasteiger partial charge < -0.3 is 0 Å². The number of hydrogen-bond donors (Lipinski definition) is 1. The van der Waals surface area contributed by atoms with Gasteiger partial charge in [0.05, 0.1) is 6.54 Å². The quantitative estimate of drug-likeness (QED) is 0.593. The molecule has 2 heterocycles. The Kier molecular flexibility index (Phi) is 3.86. The number of aromatic nitrogens is 1. The minimum absolute atomic E-state index is 0.0171. The van der Waals surface area contributed by atoms with E-state index in [1.165, 1.54) is 16.6 Å². The van der Waals surface area contributed by atoms with Gasteiger partial charge in [0, 0.05) is 24.6 Å². The first-order valence-corrected chi connectivity index (χ1v) is 7.50. The Hall–Kier alpha value is -1.47. The molecule has 0 bridgehead atoms. The summed E-state index contributed by atoms with van der Waals surface area (Å²) in [7, 11) is -3.77. The first-order valence-electron chi connectivity index (χ1n) is 6.06. The topological polar surface area (TPSA) is 84.4 Å². The standard InChI is InChI=1S/C12H17N3O3S/c1-10-5-4-6-11(16)9-15(10)19(17,18)12-7-2-3-8-14(12)13/h2-3,6-8,10H,4-5,9,13H2,1H3/q+1/t10-/m1/s1. The molecule has 1 aromatic heterocycles. The van der Waals surface area contributed by atoms with Gasteiger partial charge in [0.25, 0.3) is 0 Å². The molecule has 0 amide bonds. The van der Waals surface area contributed by atoms with Crippen LogP contribution in [0.15, 0.2) is 29.4 Å². The molecule has 1 saturated heterocycles. The van der Waals surface area contributed by atoms with E-state index in [-0.39, 0.29) is 23.4 Å². The van der Waals surface area contributed by atoms with Gasteiger partial charge in [0.1, 0.15) is 0 Å². The van der Waals surface area contributed by atoms with Crippen molar-refractivity contribution in [3.05, 3.63) is 30.8 Å². The van der Waals surface area contributed by atoms with Crippen molar-refractivity contribution in [3.63, 3.8) is 0 Å². The van der Waals surface area contributed by atoms with E-state index in [4.69, 9.17) is 5.84 Å². The van der Waals surface area contributed by atoms with Gasteiger partial charge in [-0.2, -0.15) is 4.31 Å². The number of hydrogen-bond acceptors (Lipinski definition) is 4. The second kappa shape index (κ2) is 5.26. The summed E-state index contributed by atoms with van der Waals surface area (Å²) >= 11 is 0. The van der Waals surface area contributed by atoms with E-state index in [1.807, 2.05) is 0 Å². The lowest BCUT2D eigenvalue weighted by Gasteiger charge is -2.23. The van der Waals surface area contributed by atoms with Crippen LogP contribution in [0.5, 0.6) is 0 Å². The third-order valence-electron chi connectivity index (χ3n) is 3.18. The lowest BCUT2D eigenvalue weighted by atomic mass is 10.1. The molecule has 2 N–H and O–H groups in total. The summed E-state index contributed by atoms with van der Waals surface area (Å²) in [6.45, 7) is 1.67. The highest BCUT2D eigenvalue weighted by Gasteiger charge is 2.37. The Bertz CT molecular complexity index is 586. The molecule has 0 spiro atoms. The highest BCUT2D eigenvalue weighted by molar-refractivity contribution is 7.89. The molecule has 103 valence electrons. The molecule has 1 aliphatic heterocycles. The molecular weight excluding hydrogens is 266 g/mol. The summed E-state index contributed by atoms with van der Waals surface area (Å²) in [6.07, 6.45) is 4.24. The van der Waals surface area contributed by atoms with Gasteiger partial charge in [-0.15, -0.1) is 0 Å². The minimum Gasteiger partial charge on any atom is -0.298 e. The number of nitrogens with zero attached hydrogens (tertiary/aromatic N) is 2. The van der Waals surface area contributed by atoms with Crippen molar-refractivity contribution in [2.24, 2.45) is 0 Å². The van der Waals surface area contributed by atoms with Crippen molar-refractivity contribution in [1.82, 2.24) is 4.31 Å². The maximum atomic E-state index is 12.6. The smallest absolute Gasteiger partial charge is 0.298 e. The Morgan fingerprint density at radius 1 is 1.42 bits per heavy atom. The van der Waals surface area contributed by atoms with Gasteiger partial charge >= 0.3 is 15.0 Å². The number of pyridine rings is 1. The Balaban J connectivity index is 2.43. The highest BCUT2D eigenvalue weighted by Crippen LogP contribution is 2.21.